The molecule has 0 aliphatic carbocycles. The number of carbonyl (C=O) groups is 1. The van der Waals surface area contributed by atoms with Crippen molar-refractivity contribution in [1.29, 1.82) is 0 Å². The van der Waals surface area contributed by atoms with Gasteiger partial charge in [-0.1, -0.05) is 0 Å². The van der Waals surface area contributed by atoms with E-state index >= 15 is 0 Å². The first-order valence-corrected chi connectivity index (χ1v) is 6.09. The summed E-state index contributed by atoms with van der Waals surface area (Å²) < 4.78 is 0. The zero-order valence-electron chi connectivity index (χ0n) is 11.3. The van der Waals surface area contributed by atoms with Gasteiger partial charge in [-0.05, 0) is 20.9 Å². The van der Waals surface area contributed by atoms with Crippen LogP contribution in [0.4, 0.5) is 5.82 Å². The number of nitrogen functional groups attached to an aromatic ring is 1. The lowest BCUT2D eigenvalue weighted by atomic mass is 10.3. The van der Waals surface area contributed by atoms with Gasteiger partial charge in [-0.15, -0.1) is 0 Å². The molecule has 0 saturated heterocycles. The van der Waals surface area contributed by atoms with Crippen LogP contribution in [0.2, 0.25) is 0 Å². The predicted molar refractivity (Wildman–Crippen MR) is 70.7 cm³/mol. The van der Waals surface area contributed by atoms with Gasteiger partial charge in [0.1, 0.15) is 5.82 Å². The van der Waals surface area contributed by atoms with Crippen molar-refractivity contribution in [3.63, 3.8) is 0 Å². The van der Waals surface area contributed by atoms with E-state index in [-0.39, 0.29) is 5.91 Å². The lowest BCUT2D eigenvalue weighted by Crippen LogP contribution is -2.38. The fourth-order valence-corrected chi connectivity index (χ4v) is 1.69. The van der Waals surface area contributed by atoms with Gasteiger partial charge in [0.05, 0.1) is 24.6 Å². The van der Waals surface area contributed by atoms with Crippen LogP contribution in [0.1, 0.15) is 19.5 Å². The number of rotatable bonds is 6. The SMILES string of the molecule is CCN(CC)C(=O)CN(C)Cc1cnc(N)cn1. The summed E-state index contributed by atoms with van der Waals surface area (Å²) in [6, 6.07) is 0. The monoisotopic (exact) mass is 251 g/mol. The highest BCUT2D eigenvalue weighted by molar-refractivity contribution is 5.78. The van der Waals surface area contributed by atoms with Crippen molar-refractivity contribution >= 4 is 11.7 Å². The highest BCUT2D eigenvalue weighted by Gasteiger charge is 2.12. The molecule has 0 aliphatic heterocycles. The van der Waals surface area contributed by atoms with E-state index in [0.717, 1.165) is 18.8 Å². The molecule has 1 aromatic rings. The second-order valence-corrected chi connectivity index (χ2v) is 4.17. The van der Waals surface area contributed by atoms with E-state index in [9.17, 15) is 4.79 Å². The van der Waals surface area contributed by atoms with Gasteiger partial charge in [-0.3, -0.25) is 14.7 Å². The summed E-state index contributed by atoms with van der Waals surface area (Å²) in [5.74, 6) is 0.534. The van der Waals surface area contributed by atoms with E-state index in [1.165, 1.54) is 6.20 Å². The fraction of sp³-hybridized carbons (Fsp3) is 0.583. The molecule has 0 atom stereocenters. The quantitative estimate of drug-likeness (QED) is 0.790. The number of nitrogens with zero attached hydrogens (tertiary/aromatic N) is 4. The molecular formula is C12H21N5O. The third-order valence-electron chi connectivity index (χ3n) is 2.68. The van der Waals surface area contributed by atoms with Gasteiger partial charge in [0, 0.05) is 19.6 Å². The summed E-state index contributed by atoms with van der Waals surface area (Å²) >= 11 is 0. The van der Waals surface area contributed by atoms with Crippen LogP contribution in [-0.2, 0) is 11.3 Å². The van der Waals surface area contributed by atoms with Crippen LogP contribution in [0, 0.1) is 0 Å². The van der Waals surface area contributed by atoms with Crippen molar-refractivity contribution in [3.8, 4) is 0 Å². The summed E-state index contributed by atoms with van der Waals surface area (Å²) in [4.78, 5) is 23.7. The summed E-state index contributed by atoms with van der Waals surface area (Å²) in [5, 5.41) is 0. The Balaban J connectivity index is 2.48. The molecule has 100 valence electrons. The molecule has 1 heterocycles. The van der Waals surface area contributed by atoms with Gasteiger partial charge in [0.25, 0.3) is 0 Å². The fourth-order valence-electron chi connectivity index (χ4n) is 1.69. The molecule has 0 aliphatic rings. The topological polar surface area (TPSA) is 75.4 Å². The first kappa shape index (κ1) is 14.4. The van der Waals surface area contributed by atoms with Crippen molar-refractivity contribution in [2.24, 2.45) is 0 Å². The van der Waals surface area contributed by atoms with Crippen molar-refractivity contribution in [2.75, 3.05) is 32.4 Å². The second kappa shape index (κ2) is 6.90. The highest BCUT2D eigenvalue weighted by atomic mass is 16.2. The summed E-state index contributed by atoms with van der Waals surface area (Å²) in [6.45, 7) is 6.41. The van der Waals surface area contributed by atoms with E-state index in [2.05, 4.69) is 9.97 Å². The molecular weight excluding hydrogens is 230 g/mol. The summed E-state index contributed by atoms with van der Waals surface area (Å²) in [7, 11) is 1.89. The molecule has 0 fully saturated rings. The number of likely N-dealkylation sites (N-methyl/N-ethyl adjacent to an activating group) is 2. The molecule has 18 heavy (non-hydrogen) atoms. The molecule has 0 bridgehead atoms. The molecule has 0 spiro atoms. The Hall–Kier alpha value is -1.69. The smallest absolute Gasteiger partial charge is 0.236 e. The van der Waals surface area contributed by atoms with Crippen LogP contribution >= 0.6 is 0 Å². The van der Waals surface area contributed by atoms with Crippen molar-refractivity contribution in [1.82, 2.24) is 19.8 Å². The van der Waals surface area contributed by atoms with Gasteiger partial charge < -0.3 is 10.6 Å². The molecule has 0 saturated carbocycles. The van der Waals surface area contributed by atoms with Crippen molar-refractivity contribution in [3.05, 3.63) is 18.1 Å². The molecule has 0 unspecified atom stereocenters. The largest absolute Gasteiger partial charge is 0.382 e. The van der Waals surface area contributed by atoms with E-state index in [1.54, 1.807) is 6.20 Å². The summed E-state index contributed by atoms with van der Waals surface area (Å²) in [5.41, 5.74) is 6.27. The second-order valence-electron chi connectivity index (χ2n) is 4.17. The van der Waals surface area contributed by atoms with Crippen LogP contribution in [0.25, 0.3) is 0 Å². The zero-order chi connectivity index (χ0) is 13.5. The number of nitrogens with two attached hydrogens (primary N) is 1. The van der Waals surface area contributed by atoms with Crippen molar-refractivity contribution in [2.45, 2.75) is 20.4 Å². The maximum Gasteiger partial charge on any atom is 0.236 e. The Morgan fingerprint density at radius 1 is 1.28 bits per heavy atom. The van der Waals surface area contributed by atoms with Gasteiger partial charge in [0.2, 0.25) is 5.91 Å². The minimum Gasteiger partial charge on any atom is -0.382 e. The highest BCUT2D eigenvalue weighted by Crippen LogP contribution is 2.01. The molecule has 1 rings (SSSR count). The van der Waals surface area contributed by atoms with E-state index in [0.29, 0.717) is 18.9 Å². The maximum atomic E-state index is 11.9. The average molecular weight is 251 g/mol. The van der Waals surface area contributed by atoms with Gasteiger partial charge in [-0.25, -0.2) is 4.98 Å². The van der Waals surface area contributed by atoms with E-state index < -0.39 is 0 Å². The van der Waals surface area contributed by atoms with Crippen LogP contribution in [0.3, 0.4) is 0 Å². The molecule has 6 nitrogen and oxygen atoms in total. The number of hydrogen-bond donors (Lipinski definition) is 1. The summed E-state index contributed by atoms with van der Waals surface area (Å²) in [6.07, 6.45) is 3.16. The number of anilines is 1. The van der Waals surface area contributed by atoms with E-state index in [1.807, 2.05) is 30.7 Å². The van der Waals surface area contributed by atoms with Gasteiger partial charge >= 0.3 is 0 Å². The number of carbonyl (C=O) groups excluding carboxylic acids is 1. The minimum absolute atomic E-state index is 0.130. The third-order valence-corrected chi connectivity index (χ3v) is 2.68. The Labute approximate surface area is 108 Å². The maximum absolute atomic E-state index is 11.9. The Bertz CT molecular complexity index is 375. The van der Waals surface area contributed by atoms with Crippen LogP contribution in [-0.4, -0.2) is 52.4 Å². The number of hydrogen-bond acceptors (Lipinski definition) is 5. The molecule has 1 amide bonds. The number of aromatic nitrogens is 2. The predicted octanol–water partition coefficient (Wildman–Crippen LogP) is 0.359. The molecule has 0 aromatic carbocycles. The normalized spacial score (nSPS) is 10.7. The van der Waals surface area contributed by atoms with Gasteiger partial charge in [-0.2, -0.15) is 0 Å². The zero-order valence-corrected chi connectivity index (χ0v) is 11.3. The number of amides is 1. The van der Waals surface area contributed by atoms with Crippen LogP contribution in [0.5, 0.6) is 0 Å². The standard InChI is InChI=1S/C12H21N5O/c1-4-17(5-2)12(18)9-16(3)8-10-6-15-11(13)7-14-10/h6-7H,4-5,8-9H2,1-3H3,(H2,13,15). The van der Waals surface area contributed by atoms with Crippen LogP contribution < -0.4 is 5.73 Å². The Morgan fingerprint density at radius 2 is 1.94 bits per heavy atom. The minimum atomic E-state index is 0.130. The van der Waals surface area contributed by atoms with Crippen LogP contribution in [0.15, 0.2) is 12.4 Å². The average Bonchev–Trinajstić information content (AvgIpc) is 2.33. The molecule has 0 radical (unpaired) electrons. The Kier molecular flexibility index (Phi) is 5.51. The van der Waals surface area contributed by atoms with E-state index in [4.69, 9.17) is 5.73 Å². The lowest BCUT2D eigenvalue weighted by molar-refractivity contribution is -0.131. The van der Waals surface area contributed by atoms with Gasteiger partial charge in [0.15, 0.2) is 0 Å². The first-order chi connectivity index (χ1) is 8.56. The molecule has 6 heteroatoms. The molecule has 1 aromatic heterocycles. The third kappa shape index (κ3) is 4.29. The Morgan fingerprint density at radius 3 is 2.44 bits per heavy atom. The van der Waals surface area contributed by atoms with Crippen molar-refractivity contribution < 1.29 is 4.79 Å². The lowest BCUT2D eigenvalue weighted by Gasteiger charge is -2.22. The first-order valence-electron chi connectivity index (χ1n) is 6.09. The molecule has 2 N–H and O–H groups in total.